The third kappa shape index (κ3) is 3.59. The number of anilines is 1. The SMILES string of the molecule is CC(C)c1cccc(-c2ccc3nc(N4CCCCC4)c(C(=O)O)cc3c2)c1. The summed E-state index contributed by atoms with van der Waals surface area (Å²) in [5.74, 6) is 0.157. The van der Waals surface area contributed by atoms with Crippen LogP contribution in [0.5, 0.6) is 0 Å². The van der Waals surface area contributed by atoms with Crippen LogP contribution < -0.4 is 4.90 Å². The highest BCUT2D eigenvalue weighted by Crippen LogP contribution is 2.30. The second-order valence-corrected chi connectivity index (χ2v) is 7.90. The maximum Gasteiger partial charge on any atom is 0.339 e. The Bertz CT molecular complexity index is 1020. The van der Waals surface area contributed by atoms with Crippen molar-refractivity contribution in [2.45, 2.75) is 39.0 Å². The van der Waals surface area contributed by atoms with Gasteiger partial charge >= 0.3 is 5.97 Å². The van der Waals surface area contributed by atoms with Crippen LogP contribution in [0.2, 0.25) is 0 Å². The maximum absolute atomic E-state index is 11.9. The number of pyridine rings is 1. The van der Waals surface area contributed by atoms with Gasteiger partial charge in [-0.15, -0.1) is 0 Å². The molecule has 28 heavy (non-hydrogen) atoms. The van der Waals surface area contributed by atoms with Crippen LogP contribution in [0.3, 0.4) is 0 Å². The van der Waals surface area contributed by atoms with E-state index in [0.717, 1.165) is 48.0 Å². The largest absolute Gasteiger partial charge is 0.478 e. The maximum atomic E-state index is 11.9. The van der Waals surface area contributed by atoms with Crippen molar-refractivity contribution in [3.05, 3.63) is 59.7 Å². The third-order valence-corrected chi connectivity index (χ3v) is 5.57. The van der Waals surface area contributed by atoms with E-state index in [-0.39, 0.29) is 0 Å². The predicted octanol–water partition coefficient (Wildman–Crippen LogP) is 5.71. The molecule has 1 saturated heterocycles. The van der Waals surface area contributed by atoms with Gasteiger partial charge in [0.15, 0.2) is 0 Å². The molecule has 1 aliphatic heterocycles. The Labute approximate surface area is 165 Å². The molecule has 0 atom stereocenters. The minimum Gasteiger partial charge on any atom is -0.478 e. The van der Waals surface area contributed by atoms with Crippen LogP contribution in [0.1, 0.15) is 54.9 Å². The van der Waals surface area contributed by atoms with Crippen LogP contribution in [-0.2, 0) is 0 Å². The molecule has 1 aliphatic rings. The van der Waals surface area contributed by atoms with E-state index in [1.165, 1.54) is 12.0 Å². The standard InChI is InChI=1S/C24H26N2O2/c1-16(2)17-7-6-8-18(13-17)19-9-10-22-20(14-19)15-21(24(27)28)23(25-22)26-11-4-3-5-12-26/h6-10,13-16H,3-5,11-12H2,1-2H3,(H,27,28). The summed E-state index contributed by atoms with van der Waals surface area (Å²) in [6.45, 7) is 6.12. The Morgan fingerprint density at radius 3 is 2.46 bits per heavy atom. The number of carboxylic acid groups (broad SMARTS) is 1. The van der Waals surface area contributed by atoms with Gasteiger partial charge in [0.1, 0.15) is 11.4 Å². The number of carbonyl (C=O) groups is 1. The van der Waals surface area contributed by atoms with E-state index in [1.54, 1.807) is 6.07 Å². The lowest BCUT2D eigenvalue weighted by Gasteiger charge is -2.29. The molecule has 1 fully saturated rings. The Morgan fingerprint density at radius 2 is 1.75 bits per heavy atom. The molecule has 1 aromatic heterocycles. The molecule has 2 heterocycles. The molecular weight excluding hydrogens is 348 g/mol. The highest BCUT2D eigenvalue weighted by molar-refractivity contribution is 5.99. The molecule has 0 amide bonds. The zero-order chi connectivity index (χ0) is 19.7. The number of piperidine rings is 1. The molecule has 3 aromatic rings. The lowest BCUT2D eigenvalue weighted by Crippen LogP contribution is -2.31. The fourth-order valence-corrected chi connectivity index (χ4v) is 3.93. The first-order chi connectivity index (χ1) is 13.5. The number of nitrogens with zero attached hydrogens (tertiary/aromatic N) is 2. The van der Waals surface area contributed by atoms with Gasteiger partial charge in [0.25, 0.3) is 0 Å². The van der Waals surface area contributed by atoms with Gasteiger partial charge < -0.3 is 10.0 Å². The monoisotopic (exact) mass is 374 g/mol. The number of hydrogen-bond donors (Lipinski definition) is 1. The minimum atomic E-state index is -0.915. The molecule has 1 N–H and O–H groups in total. The van der Waals surface area contributed by atoms with E-state index in [2.05, 4.69) is 49.1 Å². The number of benzene rings is 2. The topological polar surface area (TPSA) is 53.4 Å². The van der Waals surface area contributed by atoms with Crippen molar-refractivity contribution in [1.29, 1.82) is 0 Å². The first-order valence-electron chi connectivity index (χ1n) is 10.1. The molecule has 0 unspecified atom stereocenters. The van der Waals surface area contributed by atoms with Crippen LogP contribution >= 0.6 is 0 Å². The molecule has 144 valence electrons. The summed E-state index contributed by atoms with van der Waals surface area (Å²) in [5.41, 5.74) is 4.66. The number of aromatic nitrogens is 1. The fourth-order valence-electron chi connectivity index (χ4n) is 3.93. The van der Waals surface area contributed by atoms with Crippen molar-refractivity contribution >= 4 is 22.7 Å². The Hall–Kier alpha value is -2.88. The van der Waals surface area contributed by atoms with E-state index in [4.69, 9.17) is 4.98 Å². The smallest absolute Gasteiger partial charge is 0.339 e. The molecule has 0 spiro atoms. The second kappa shape index (κ2) is 7.63. The van der Waals surface area contributed by atoms with E-state index in [1.807, 2.05) is 12.1 Å². The van der Waals surface area contributed by atoms with Crippen LogP contribution in [0.4, 0.5) is 5.82 Å². The molecule has 4 nitrogen and oxygen atoms in total. The molecule has 0 aliphatic carbocycles. The van der Waals surface area contributed by atoms with Gasteiger partial charge in [-0.3, -0.25) is 0 Å². The van der Waals surface area contributed by atoms with Crippen molar-refractivity contribution in [2.24, 2.45) is 0 Å². The van der Waals surface area contributed by atoms with Crippen LogP contribution in [-0.4, -0.2) is 29.1 Å². The first kappa shape index (κ1) is 18.5. The van der Waals surface area contributed by atoms with E-state index >= 15 is 0 Å². The summed E-state index contributed by atoms with van der Waals surface area (Å²) in [4.78, 5) is 18.8. The first-order valence-corrected chi connectivity index (χ1v) is 10.1. The quantitative estimate of drug-likeness (QED) is 0.635. The molecule has 0 radical (unpaired) electrons. The van der Waals surface area contributed by atoms with Gasteiger partial charge in [0.05, 0.1) is 5.52 Å². The summed E-state index contributed by atoms with van der Waals surface area (Å²) in [6.07, 6.45) is 3.37. The van der Waals surface area contributed by atoms with Gasteiger partial charge in [-0.25, -0.2) is 9.78 Å². The Balaban J connectivity index is 1.79. The molecule has 4 rings (SSSR count). The zero-order valence-corrected chi connectivity index (χ0v) is 16.5. The van der Waals surface area contributed by atoms with Gasteiger partial charge in [-0.05, 0) is 60.1 Å². The van der Waals surface area contributed by atoms with Gasteiger partial charge in [0.2, 0.25) is 0 Å². The normalized spacial score (nSPS) is 14.6. The van der Waals surface area contributed by atoms with Crippen molar-refractivity contribution in [3.8, 4) is 11.1 Å². The fraction of sp³-hybridized carbons (Fsp3) is 0.333. The van der Waals surface area contributed by atoms with Gasteiger partial charge in [-0.2, -0.15) is 0 Å². The van der Waals surface area contributed by atoms with Crippen LogP contribution in [0.15, 0.2) is 48.5 Å². The average Bonchev–Trinajstić information content (AvgIpc) is 2.73. The predicted molar refractivity (Wildman–Crippen MR) is 114 cm³/mol. The van der Waals surface area contributed by atoms with E-state index in [0.29, 0.717) is 17.3 Å². The molecule has 2 aromatic carbocycles. The zero-order valence-electron chi connectivity index (χ0n) is 16.5. The average molecular weight is 374 g/mol. The summed E-state index contributed by atoms with van der Waals surface area (Å²) in [7, 11) is 0. The van der Waals surface area contributed by atoms with Crippen molar-refractivity contribution in [2.75, 3.05) is 18.0 Å². The van der Waals surface area contributed by atoms with E-state index < -0.39 is 5.97 Å². The van der Waals surface area contributed by atoms with Crippen molar-refractivity contribution < 1.29 is 9.90 Å². The lowest BCUT2D eigenvalue weighted by atomic mass is 9.96. The van der Waals surface area contributed by atoms with Crippen molar-refractivity contribution in [3.63, 3.8) is 0 Å². The van der Waals surface area contributed by atoms with Gasteiger partial charge in [-0.1, -0.05) is 44.2 Å². The lowest BCUT2D eigenvalue weighted by molar-refractivity contribution is 0.0697. The summed E-state index contributed by atoms with van der Waals surface area (Å²) in [5, 5.41) is 10.6. The summed E-state index contributed by atoms with van der Waals surface area (Å²) >= 11 is 0. The second-order valence-electron chi connectivity index (χ2n) is 7.90. The number of hydrogen-bond acceptors (Lipinski definition) is 3. The molecule has 0 bridgehead atoms. The molecule has 0 saturated carbocycles. The van der Waals surface area contributed by atoms with E-state index in [9.17, 15) is 9.90 Å². The highest BCUT2D eigenvalue weighted by Gasteiger charge is 2.21. The number of carboxylic acids is 1. The Morgan fingerprint density at radius 1 is 1.00 bits per heavy atom. The molecule has 4 heteroatoms. The van der Waals surface area contributed by atoms with Crippen molar-refractivity contribution in [1.82, 2.24) is 4.98 Å². The third-order valence-electron chi connectivity index (χ3n) is 5.57. The number of aromatic carboxylic acids is 1. The van der Waals surface area contributed by atoms with Crippen LogP contribution in [0.25, 0.3) is 22.0 Å². The highest BCUT2D eigenvalue weighted by atomic mass is 16.4. The summed E-state index contributed by atoms with van der Waals surface area (Å²) in [6, 6.07) is 16.4. The Kier molecular flexibility index (Phi) is 5.03. The number of rotatable bonds is 4. The molecular formula is C24H26N2O2. The summed E-state index contributed by atoms with van der Waals surface area (Å²) < 4.78 is 0. The minimum absolute atomic E-state index is 0.294. The number of fused-ring (bicyclic) bond motifs is 1. The van der Waals surface area contributed by atoms with Crippen LogP contribution in [0, 0.1) is 0 Å². The van der Waals surface area contributed by atoms with Gasteiger partial charge in [0, 0.05) is 18.5 Å².